The molecule has 0 spiro atoms. The monoisotopic (exact) mass is 364 g/mol. The van der Waals surface area contributed by atoms with Crippen molar-refractivity contribution in [1.82, 2.24) is 9.71 Å². The van der Waals surface area contributed by atoms with E-state index in [1.54, 1.807) is 19.1 Å². The Morgan fingerprint density at radius 3 is 2.36 bits per heavy atom. The summed E-state index contributed by atoms with van der Waals surface area (Å²) >= 11 is 0. The minimum Gasteiger partial charge on any atom is -0.435 e. The number of aryl methyl sites for hydroxylation is 2. The number of rotatable bonds is 7. The summed E-state index contributed by atoms with van der Waals surface area (Å²) in [5.74, 6) is -0.353. The van der Waals surface area contributed by atoms with Crippen LogP contribution in [0.15, 0.2) is 28.7 Å². The second kappa shape index (κ2) is 7.82. The van der Waals surface area contributed by atoms with Crippen molar-refractivity contribution in [2.75, 3.05) is 0 Å². The van der Waals surface area contributed by atoms with E-state index in [1.807, 2.05) is 32.9 Å². The molecule has 0 bridgehead atoms. The molecule has 136 valence electrons. The summed E-state index contributed by atoms with van der Waals surface area (Å²) in [6.45, 7) is 7.67. The third-order valence-electron chi connectivity index (χ3n) is 3.67. The zero-order chi connectivity index (χ0) is 18.6. The van der Waals surface area contributed by atoms with Gasteiger partial charge in [-0.1, -0.05) is 45.0 Å². The van der Waals surface area contributed by atoms with E-state index in [1.165, 1.54) is 0 Å². The van der Waals surface area contributed by atoms with Crippen LogP contribution in [0, 0.1) is 12.8 Å². The normalized spacial score (nSPS) is 11.7. The Morgan fingerprint density at radius 2 is 1.80 bits per heavy atom. The molecule has 0 aliphatic heterocycles. The van der Waals surface area contributed by atoms with E-state index in [-0.39, 0.29) is 11.5 Å². The van der Waals surface area contributed by atoms with Crippen LogP contribution in [-0.4, -0.2) is 19.3 Å². The van der Waals surface area contributed by atoms with Crippen LogP contribution in [0.2, 0.25) is 0 Å². The zero-order valence-corrected chi connectivity index (χ0v) is 15.8. The number of aromatic nitrogens is 1. The molecule has 0 saturated carbocycles. The van der Waals surface area contributed by atoms with Gasteiger partial charge in [-0.05, 0) is 30.4 Å². The molecular formula is C18H24N2O4S. The van der Waals surface area contributed by atoms with Crippen LogP contribution < -0.4 is 4.72 Å². The molecule has 2 rings (SSSR count). The number of nitrogens with one attached hydrogen (secondary N) is 1. The molecular weight excluding hydrogens is 340 g/mol. The minimum absolute atomic E-state index is 0.0550. The molecule has 1 heterocycles. The highest BCUT2D eigenvalue weighted by atomic mass is 32.2. The molecule has 7 heteroatoms. The maximum atomic E-state index is 12.2. The third kappa shape index (κ3) is 5.42. The van der Waals surface area contributed by atoms with Gasteiger partial charge >= 0.3 is 5.91 Å². The van der Waals surface area contributed by atoms with Crippen molar-refractivity contribution in [2.45, 2.75) is 46.3 Å². The van der Waals surface area contributed by atoms with Gasteiger partial charge in [-0.25, -0.2) is 18.1 Å². The van der Waals surface area contributed by atoms with E-state index >= 15 is 0 Å². The van der Waals surface area contributed by atoms with Crippen molar-refractivity contribution in [1.29, 1.82) is 0 Å². The van der Waals surface area contributed by atoms with E-state index in [2.05, 4.69) is 9.71 Å². The first-order valence-corrected chi connectivity index (χ1v) is 9.94. The molecule has 0 aliphatic rings. The first-order chi connectivity index (χ1) is 11.7. The van der Waals surface area contributed by atoms with Crippen LogP contribution in [0.1, 0.15) is 54.0 Å². The van der Waals surface area contributed by atoms with E-state index < -0.39 is 15.9 Å². The Hall–Kier alpha value is -2.15. The largest absolute Gasteiger partial charge is 0.435 e. The van der Waals surface area contributed by atoms with Gasteiger partial charge in [0.05, 0.1) is 11.4 Å². The van der Waals surface area contributed by atoms with Crippen molar-refractivity contribution in [3.63, 3.8) is 0 Å². The lowest BCUT2D eigenvalue weighted by molar-refractivity contribution is 0.0951. The molecule has 1 aromatic heterocycles. The highest BCUT2D eigenvalue weighted by Gasteiger charge is 2.23. The number of nitrogens with zero attached hydrogens (tertiary/aromatic N) is 1. The summed E-state index contributed by atoms with van der Waals surface area (Å²) in [6, 6.07) is 7.27. The predicted octanol–water partition coefficient (Wildman–Crippen LogP) is 3.00. The molecule has 2 aromatic rings. The molecule has 0 atom stereocenters. The average molecular weight is 364 g/mol. The fourth-order valence-electron chi connectivity index (χ4n) is 2.41. The number of carbonyl (C=O) groups is 1. The predicted molar refractivity (Wildman–Crippen MR) is 95.7 cm³/mol. The summed E-state index contributed by atoms with van der Waals surface area (Å²) < 4.78 is 32.0. The van der Waals surface area contributed by atoms with Crippen LogP contribution in [0.3, 0.4) is 0 Å². The summed E-state index contributed by atoms with van der Waals surface area (Å²) in [6.07, 6.45) is 1.47. The fraction of sp³-hybridized carbons (Fsp3) is 0.444. The maximum Gasteiger partial charge on any atom is 0.302 e. The smallest absolute Gasteiger partial charge is 0.302 e. The number of sulfonamides is 1. The van der Waals surface area contributed by atoms with Crippen molar-refractivity contribution < 1.29 is 17.6 Å². The van der Waals surface area contributed by atoms with Gasteiger partial charge in [-0.15, -0.1) is 0 Å². The first-order valence-electron chi connectivity index (χ1n) is 8.29. The van der Waals surface area contributed by atoms with E-state index in [0.29, 0.717) is 29.5 Å². The number of hydrogen-bond donors (Lipinski definition) is 1. The van der Waals surface area contributed by atoms with Gasteiger partial charge in [-0.2, -0.15) is 0 Å². The van der Waals surface area contributed by atoms with Gasteiger partial charge in [0.2, 0.25) is 15.8 Å². The van der Waals surface area contributed by atoms with Gasteiger partial charge < -0.3 is 4.42 Å². The average Bonchev–Trinajstić information content (AvgIpc) is 2.87. The summed E-state index contributed by atoms with van der Waals surface area (Å²) in [4.78, 5) is 16.4. The lowest BCUT2D eigenvalue weighted by atomic mass is 10.1. The van der Waals surface area contributed by atoms with Crippen molar-refractivity contribution in [2.24, 2.45) is 5.92 Å². The lowest BCUT2D eigenvalue weighted by Crippen LogP contribution is -2.31. The molecule has 6 nitrogen and oxygen atoms in total. The van der Waals surface area contributed by atoms with Crippen LogP contribution in [0.5, 0.6) is 0 Å². The highest BCUT2D eigenvalue weighted by Crippen LogP contribution is 2.15. The summed E-state index contributed by atoms with van der Waals surface area (Å²) in [5.41, 5.74) is 2.13. The zero-order valence-electron chi connectivity index (χ0n) is 15.0. The van der Waals surface area contributed by atoms with Crippen molar-refractivity contribution in [3.8, 4) is 0 Å². The Balaban J connectivity index is 2.08. The van der Waals surface area contributed by atoms with Crippen LogP contribution in [0.25, 0.3) is 0 Å². The maximum absolute atomic E-state index is 12.2. The van der Waals surface area contributed by atoms with Gasteiger partial charge in [0.15, 0.2) is 5.89 Å². The Labute approximate surface area is 148 Å². The van der Waals surface area contributed by atoms with Crippen molar-refractivity contribution in [3.05, 3.63) is 52.7 Å². The van der Waals surface area contributed by atoms with E-state index in [9.17, 15) is 13.2 Å². The van der Waals surface area contributed by atoms with Crippen molar-refractivity contribution >= 4 is 15.9 Å². The van der Waals surface area contributed by atoms with Crippen LogP contribution in [0.4, 0.5) is 0 Å². The van der Waals surface area contributed by atoms with Gasteiger partial charge in [0.1, 0.15) is 0 Å². The molecule has 0 unspecified atom stereocenters. The molecule has 0 radical (unpaired) electrons. The number of carbonyl (C=O) groups excluding carboxylic acids is 1. The lowest BCUT2D eigenvalue weighted by Gasteiger charge is -2.06. The molecule has 0 saturated heterocycles. The quantitative estimate of drug-likeness (QED) is 0.816. The Kier molecular flexibility index (Phi) is 6.00. The standard InChI is InChI=1S/C18H24N2O4S/c1-5-14-6-8-15(9-7-14)11-25(22,23)20-18(21)17-13(4)19-16(24-17)10-12(2)3/h6-9,12H,5,10-11H2,1-4H3,(H,20,21). The number of benzene rings is 1. The van der Waals surface area contributed by atoms with Gasteiger partial charge in [0.25, 0.3) is 0 Å². The first kappa shape index (κ1) is 19.2. The Bertz CT molecular complexity index is 836. The molecule has 0 aliphatic carbocycles. The third-order valence-corrected chi connectivity index (χ3v) is 4.88. The second-order valence-corrected chi connectivity index (χ2v) is 8.20. The fourth-order valence-corrected chi connectivity index (χ4v) is 3.49. The summed E-state index contributed by atoms with van der Waals surface area (Å²) in [5, 5.41) is 0. The number of oxazole rings is 1. The molecule has 0 fully saturated rings. The Morgan fingerprint density at radius 1 is 1.20 bits per heavy atom. The molecule has 25 heavy (non-hydrogen) atoms. The number of amides is 1. The van der Waals surface area contributed by atoms with Crippen LogP contribution >= 0.6 is 0 Å². The molecule has 1 N–H and O–H groups in total. The topological polar surface area (TPSA) is 89.3 Å². The molecule has 1 aromatic carbocycles. The minimum atomic E-state index is -3.82. The van der Waals surface area contributed by atoms with E-state index in [0.717, 1.165) is 12.0 Å². The SMILES string of the molecule is CCc1ccc(CS(=O)(=O)NC(=O)c2oc(CC(C)C)nc2C)cc1. The highest BCUT2D eigenvalue weighted by molar-refractivity contribution is 7.89. The summed E-state index contributed by atoms with van der Waals surface area (Å²) in [7, 11) is -3.82. The molecule has 1 amide bonds. The van der Waals surface area contributed by atoms with E-state index in [4.69, 9.17) is 4.42 Å². The van der Waals surface area contributed by atoms with Crippen LogP contribution in [-0.2, 0) is 28.6 Å². The second-order valence-electron chi connectivity index (χ2n) is 6.48. The van der Waals surface area contributed by atoms with Gasteiger partial charge in [-0.3, -0.25) is 4.79 Å². The van der Waals surface area contributed by atoms with Gasteiger partial charge in [0, 0.05) is 6.42 Å². The number of hydrogen-bond acceptors (Lipinski definition) is 5.